The second-order valence-corrected chi connectivity index (χ2v) is 6.83. The van der Waals surface area contributed by atoms with Crippen LogP contribution in [-0.4, -0.2) is 40.3 Å². The summed E-state index contributed by atoms with van der Waals surface area (Å²) in [4.78, 5) is 24.8. The second kappa shape index (κ2) is 9.66. The van der Waals surface area contributed by atoms with Crippen molar-refractivity contribution in [1.29, 1.82) is 5.26 Å². The molecule has 0 unspecified atom stereocenters. The largest absolute Gasteiger partial charge is 0.460 e. The van der Waals surface area contributed by atoms with Gasteiger partial charge in [0.1, 0.15) is 24.1 Å². The smallest absolute Gasteiger partial charge is 0.338 e. The summed E-state index contributed by atoms with van der Waals surface area (Å²) < 4.78 is 5.25. The predicted octanol–water partition coefficient (Wildman–Crippen LogP) is 3.71. The molecule has 0 aliphatic rings. The molecule has 2 aromatic heterocycles. The van der Waals surface area contributed by atoms with Gasteiger partial charge in [-0.15, -0.1) is 0 Å². The normalized spacial score (nSPS) is 10.2. The average molecular weight is 405 g/mol. The Labute approximate surface area is 173 Å². The van der Waals surface area contributed by atoms with Crippen molar-refractivity contribution in [2.24, 2.45) is 0 Å². The lowest BCUT2D eigenvalue weighted by molar-refractivity contribution is 0.0520. The quantitative estimate of drug-likeness (QED) is 0.275. The molecular weight excluding hydrogens is 386 g/mol. The number of benzene rings is 1. The number of nitrogens with zero attached hydrogens (tertiary/aromatic N) is 4. The number of pyridine rings is 1. The molecule has 146 valence electrons. The Balaban J connectivity index is 1.75. The summed E-state index contributed by atoms with van der Waals surface area (Å²) in [7, 11) is 0. The molecule has 0 bridgehead atoms. The Hall–Kier alpha value is -3.44. The van der Waals surface area contributed by atoms with E-state index in [2.05, 4.69) is 26.3 Å². The van der Waals surface area contributed by atoms with Gasteiger partial charge < -0.3 is 10.1 Å². The van der Waals surface area contributed by atoms with Crippen LogP contribution in [0.15, 0.2) is 53.9 Å². The Morgan fingerprint density at radius 2 is 1.90 bits per heavy atom. The number of esters is 1. The number of carbonyl (C=O) groups excluding carboxylic acids is 1. The van der Waals surface area contributed by atoms with Gasteiger partial charge in [0.05, 0.1) is 17.8 Å². The maximum Gasteiger partial charge on any atom is 0.338 e. The number of nitrogens with one attached hydrogen (secondary N) is 1. The van der Waals surface area contributed by atoms with Crippen LogP contribution >= 0.6 is 11.8 Å². The van der Waals surface area contributed by atoms with Crippen LogP contribution in [0.4, 0.5) is 5.82 Å². The highest BCUT2D eigenvalue weighted by Crippen LogP contribution is 2.28. The fourth-order valence-electron chi connectivity index (χ4n) is 2.57. The number of carbonyl (C=O) groups is 1. The predicted molar refractivity (Wildman–Crippen MR) is 112 cm³/mol. The van der Waals surface area contributed by atoms with Crippen LogP contribution in [0.2, 0.25) is 0 Å². The highest BCUT2D eigenvalue weighted by molar-refractivity contribution is 7.98. The Morgan fingerprint density at radius 3 is 2.55 bits per heavy atom. The molecule has 29 heavy (non-hydrogen) atoms. The summed E-state index contributed by atoms with van der Waals surface area (Å²) in [6, 6.07) is 13.2. The zero-order valence-corrected chi connectivity index (χ0v) is 16.9. The number of rotatable bonds is 7. The lowest BCUT2D eigenvalue weighted by Gasteiger charge is -2.12. The lowest BCUT2D eigenvalue weighted by atomic mass is 10.1. The van der Waals surface area contributed by atoms with Gasteiger partial charge in [0.15, 0.2) is 5.16 Å². The van der Waals surface area contributed by atoms with E-state index in [1.54, 1.807) is 12.1 Å². The van der Waals surface area contributed by atoms with Crippen LogP contribution in [0.5, 0.6) is 0 Å². The van der Waals surface area contributed by atoms with Crippen molar-refractivity contribution in [3.63, 3.8) is 0 Å². The van der Waals surface area contributed by atoms with E-state index in [9.17, 15) is 10.1 Å². The van der Waals surface area contributed by atoms with Crippen molar-refractivity contribution in [3.8, 4) is 17.3 Å². The van der Waals surface area contributed by atoms with Gasteiger partial charge in [-0.05, 0) is 25.3 Å². The second-order valence-electron chi connectivity index (χ2n) is 6.06. The minimum atomic E-state index is -0.428. The van der Waals surface area contributed by atoms with Crippen LogP contribution in [0.3, 0.4) is 0 Å². The molecular formula is C21H19N5O2S. The first-order valence-corrected chi connectivity index (χ1v) is 10.1. The van der Waals surface area contributed by atoms with E-state index >= 15 is 0 Å². The number of thioether (sulfide) groups is 1. The van der Waals surface area contributed by atoms with Crippen molar-refractivity contribution in [1.82, 2.24) is 15.0 Å². The van der Waals surface area contributed by atoms with Crippen LogP contribution < -0.4 is 5.32 Å². The monoisotopic (exact) mass is 405 g/mol. The molecule has 1 N–H and O–H groups in total. The molecule has 0 radical (unpaired) electrons. The number of aryl methyl sites for hydroxylation is 1. The maximum absolute atomic E-state index is 12.0. The van der Waals surface area contributed by atoms with Crippen molar-refractivity contribution in [2.75, 3.05) is 24.7 Å². The molecule has 0 amide bonds. The summed E-state index contributed by atoms with van der Waals surface area (Å²) in [5, 5.41) is 13.3. The van der Waals surface area contributed by atoms with Gasteiger partial charge in [-0.25, -0.2) is 14.8 Å². The molecule has 0 aliphatic carbocycles. The highest BCUT2D eigenvalue weighted by Gasteiger charge is 2.16. The lowest BCUT2D eigenvalue weighted by Crippen LogP contribution is -2.16. The number of ether oxygens (including phenoxy) is 1. The third-order valence-corrected chi connectivity index (χ3v) is 4.60. The molecule has 2 heterocycles. The topological polar surface area (TPSA) is 101 Å². The van der Waals surface area contributed by atoms with Crippen LogP contribution in [0.1, 0.15) is 21.5 Å². The van der Waals surface area contributed by atoms with E-state index < -0.39 is 5.97 Å². The van der Waals surface area contributed by atoms with Crippen molar-refractivity contribution < 1.29 is 9.53 Å². The number of nitriles is 1. The van der Waals surface area contributed by atoms with Gasteiger partial charge in [0.25, 0.3) is 0 Å². The van der Waals surface area contributed by atoms with Crippen LogP contribution in [-0.2, 0) is 4.74 Å². The first kappa shape index (κ1) is 20.3. The van der Waals surface area contributed by atoms with E-state index in [1.807, 2.05) is 37.4 Å². The molecule has 0 spiro atoms. The van der Waals surface area contributed by atoms with E-state index in [-0.39, 0.29) is 6.61 Å². The van der Waals surface area contributed by atoms with Gasteiger partial charge in [-0.3, -0.25) is 4.98 Å². The summed E-state index contributed by atoms with van der Waals surface area (Å²) in [6.45, 7) is 2.44. The third kappa shape index (κ3) is 5.09. The van der Waals surface area contributed by atoms with Gasteiger partial charge in [-0.1, -0.05) is 41.6 Å². The SMILES string of the molecule is CSc1nc(NCCOC(=O)c2ccncc2)c(C#N)c(-c2ccc(C)cc2)n1. The van der Waals surface area contributed by atoms with Crippen molar-refractivity contribution >= 4 is 23.5 Å². The molecule has 0 saturated carbocycles. The zero-order valence-electron chi connectivity index (χ0n) is 16.0. The molecule has 0 saturated heterocycles. The summed E-state index contributed by atoms with van der Waals surface area (Å²) >= 11 is 1.39. The molecule has 0 atom stereocenters. The summed E-state index contributed by atoms with van der Waals surface area (Å²) in [5.41, 5.74) is 3.33. The Kier molecular flexibility index (Phi) is 6.76. The van der Waals surface area contributed by atoms with E-state index in [4.69, 9.17) is 4.74 Å². The first-order chi connectivity index (χ1) is 14.1. The Morgan fingerprint density at radius 1 is 1.17 bits per heavy atom. The molecule has 0 aliphatic heterocycles. The van der Waals surface area contributed by atoms with Gasteiger partial charge in [0, 0.05) is 18.0 Å². The molecule has 1 aromatic carbocycles. The average Bonchev–Trinajstić information content (AvgIpc) is 2.77. The summed E-state index contributed by atoms with van der Waals surface area (Å²) in [5.74, 6) is -0.00933. The fraction of sp³-hybridized carbons (Fsp3) is 0.190. The van der Waals surface area contributed by atoms with E-state index in [1.165, 1.54) is 24.2 Å². The molecule has 7 nitrogen and oxygen atoms in total. The molecule has 3 rings (SSSR count). The van der Waals surface area contributed by atoms with E-state index in [0.717, 1.165) is 11.1 Å². The summed E-state index contributed by atoms with van der Waals surface area (Å²) in [6.07, 6.45) is 4.94. The zero-order chi connectivity index (χ0) is 20.6. The van der Waals surface area contributed by atoms with Gasteiger partial charge >= 0.3 is 5.97 Å². The Bertz CT molecular complexity index is 1030. The molecule has 0 fully saturated rings. The third-order valence-electron chi connectivity index (χ3n) is 4.05. The molecule has 3 aromatic rings. The first-order valence-electron chi connectivity index (χ1n) is 8.86. The van der Waals surface area contributed by atoms with Crippen molar-refractivity contribution in [3.05, 3.63) is 65.5 Å². The fourth-order valence-corrected chi connectivity index (χ4v) is 2.94. The van der Waals surface area contributed by atoms with Gasteiger partial charge in [0.2, 0.25) is 0 Å². The standard InChI is InChI=1S/C21H19N5O2S/c1-14-3-5-15(6-4-14)18-17(13-22)19(26-21(25-18)29-2)24-11-12-28-20(27)16-7-9-23-10-8-16/h3-10H,11-12H2,1-2H3,(H,24,25,26). The van der Waals surface area contributed by atoms with Crippen LogP contribution in [0.25, 0.3) is 11.3 Å². The number of anilines is 1. The van der Waals surface area contributed by atoms with Crippen molar-refractivity contribution in [2.45, 2.75) is 12.1 Å². The number of hydrogen-bond acceptors (Lipinski definition) is 8. The maximum atomic E-state index is 12.0. The minimum absolute atomic E-state index is 0.129. The van der Waals surface area contributed by atoms with E-state index in [0.29, 0.717) is 34.3 Å². The minimum Gasteiger partial charge on any atom is -0.460 e. The van der Waals surface area contributed by atoms with Crippen LogP contribution in [0, 0.1) is 18.3 Å². The number of hydrogen-bond donors (Lipinski definition) is 1. The highest BCUT2D eigenvalue weighted by atomic mass is 32.2. The van der Waals surface area contributed by atoms with Gasteiger partial charge in [-0.2, -0.15) is 5.26 Å². The molecule has 8 heteroatoms. The number of aromatic nitrogens is 3.